The zero-order chi connectivity index (χ0) is 20.1. The first kappa shape index (κ1) is 20.3. The number of nitrogens with one attached hydrogen (secondary N) is 1. The smallest absolute Gasteiger partial charge is 0.255 e. The second kappa shape index (κ2) is 8.70. The summed E-state index contributed by atoms with van der Waals surface area (Å²) in [5, 5.41) is 0. The van der Waals surface area contributed by atoms with Crippen LogP contribution in [0.5, 0.6) is 5.75 Å². The Balaban J connectivity index is 1.54. The zero-order valence-electron chi connectivity index (χ0n) is 16.1. The highest BCUT2D eigenvalue weighted by Crippen LogP contribution is 2.22. The van der Waals surface area contributed by atoms with E-state index in [1.807, 2.05) is 0 Å². The fraction of sp³-hybridized carbons (Fsp3) is 0.400. The number of carbonyl (C=O) groups excluding carboxylic acids is 1. The first-order chi connectivity index (χ1) is 13.4. The molecule has 0 saturated carbocycles. The predicted molar refractivity (Wildman–Crippen MR) is 106 cm³/mol. The lowest BCUT2D eigenvalue weighted by Crippen LogP contribution is -2.41. The molecule has 150 valence electrons. The molecule has 1 aromatic carbocycles. The number of aromatic nitrogens is 1. The van der Waals surface area contributed by atoms with Crippen molar-refractivity contribution < 1.29 is 17.9 Å². The van der Waals surface area contributed by atoms with Gasteiger partial charge in [-0.25, -0.2) is 13.1 Å². The maximum atomic E-state index is 12.6. The van der Waals surface area contributed by atoms with Gasteiger partial charge in [-0.1, -0.05) is 0 Å². The van der Waals surface area contributed by atoms with Gasteiger partial charge in [0, 0.05) is 32.0 Å². The Bertz CT molecular complexity index is 924. The van der Waals surface area contributed by atoms with Crippen molar-refractivity contribution in [3.05, 3.63) is 53.9 Å². The maximum absolute atomic E-state index is 12.6. The largest absolute Gasteiger partial charge is 0.497 e. The molecule has 2 aromatic rings. The highest BCUT2D eigenvalue weighted by Gasteiger charge is 2.25. The van der Waals surface area contributed by atoms with Crippen LogP contribution in [-0.2, 0) is 10.0 Å². The van der Waals surface area contributed by atoms with Crippen molar-refractivity contribution >= 4 is 15.9 Å². The van der Waals surface area contributed by atoms with Gasteiger partial charge in [-0.3, -0.25) is 9.78 Å². The molecule has 0 unspecified atom stereocenters. The van der Waals surface area contributed by atoms with Gasteiger partial charge in [0.25, 0.3) is 5.91 Å². The van der Waals surface area contributed by atoms with E-state index in [1.54, 1.807) is 61.7 Å². The first-order valence-corrected chi connectivity index (χ1v) is 10.7. The summed E-state index contributed by atoms with van der Waals surface area (Å²) >= 11 is 0. The summed E-state index contributed by atoms with van der Waals surface area (Å²) in [7, 11) is -2.03. The summed E-state index contributed by atoms with van der Waals surface area (Å²) in [6.45, 7) is 3.34. The number of piperidine rings is 1. The molecule has 1 N–H and O–H groups in total. The zero-order valence-corrected chi connectivity index (χ0v) is 16.9. The highest BCUT2D eigenvalue weighted by atomic mass is 32.2. The maximum Gasteiger partial charge on any atom is 0.255 e. The van der Waals surface area contributed by atoms with Crippen LogP contribution >= 0.6 is 0 Å². The van der Waals surface area contributed by atoms with Crippen LogP contribution in [-0.4, -0.2) is 51.0 Å². The van der Waals surface area contributed by atoms with Crippen LogP contribution in [0.4, 0.5) is 0 Å². The number of aryl methyl sites for hydroxylation is 1. The van der Waals surface area contributed by atoms with Crippen molar-refractivity contribution in [3.63, 3.8) is 0 Å². The molecule has 1 aliphatic heterocycles. The van der Waals surface area contributed by atoms with Gasteiger partial charge in [-0.15, -0.1) is 0 Å². The molecule has 3 rings (SSSR count). The Labute approximate surface area is 165 Å². The van der Waals surface area contributed by atoms with Gasteiger partial charge in [-0.2, -0.15) is 0 Å². The molecular formula is C20H25N3O4S. The molecule has 0 spiro atoms. The number of hydrogen-bond acceptors (Lipinski definition) is 5. The lowest BCUT2D eigenvalue weighted by atomic mass is 9.97. The Morgan fingerprint density at radius 1 is 1.29 bits per heavy atom. The van der Waals surface area contributed by atoms with Crippen LogP contribution in [0.1, 0.15) is 28.8 Å². The van der Waals surface area contributed by atoms with Crippen LogP contribution < -0.4 is 9.46 Å². The first-order valence-electron chi connectivity index (χ1n) is 9.24. The minimum absolute atomic E-state index is 0.0269. The predicted octanol–water partition coefficient (Wildman–Crippen LogP) is 2.23. The van der Waals surface area contributed by atoms with Crippen molar-refractivity contribution in [2.75, 3.05) is 26.7 Å². The third kappa shape index (κ3) is 4.69. The van der Waals surface area contributed by atoms with Crippen molar-refractivity contribution in [2.45, 2.75) is 24.7 Å². The summed E-state index contributed by atoms with van der Waals surface area (Å²) in [4.78, 5) is 18.5. The number of carbonyl (C=O) groups is 1. The molecule has 1 fully saturated rings. The Morgan fingerprint density at radius 3 is 2.64 bits per heavy atom. The molecular weight excluding hydrogens is 378 g/mol. The molecule has 0 atom stereocenters. The van der Waals surface area contributed by atoms with Gasteiger partial charge in [0.1, 0.15) is 5.75 Å². The number of amides is 1. The van der Waals surface area contributed by atoms with E-state index in [0.717, 1.165) is 12.8 Å². The topological polar surface area (TPSA) is 88.6 Å². The van der Waals surface area contributed by atoms with E-state index in [-0.39, 0.29) is 16.7 Å². The lowest BCUT2D eigenvalue weighted by Gasteiger charge is -2.32. The van der Waals surface area contributed by atoms with E-state index in [1.165, 1.54) is 0 Å². The Kier molecular flexibility index (Phi) is 6.31. The average Bonchev–Trinajstić information content (AvgIpc) is 2.72. The van der Waals surface area contributed by atoms with Crippen LogP contribution in [0.3, 0.4) is 0 Å². The number of sulfonamides is 1. The molecule has 1 aromatic heterocycles. The number of benzene rings is 1. The standard InChI is InChI=1S/C20H25N3O4S/c1-15-12-18(27-2)5-6-19(15)28(25,26)22-13-16-7-10-23(11-8-16)20(24)17-4-3-9-21-14-17/h3-6,9,12,14,16,22H,7-8,10-11,13H2,1-2H3. The van der Waals surface area contributed by atoms with Crippen LogP contribution in [0, 0.1) is 12.8 Å². The van der Waals surface area contributed by atoms with E-state index in [2.05, 4.69) is 9.71 Å². The molecule has 1 aliphatic rings. The van der Waals surface area contributed by atoms with Gasteiger partial charge < -0.3 is 9.64 Å². The number of nitrogens with zero attached hydrogens (tertiary/aromatic N) is 2. The molecule has 28 heavy (non-hydrogen) atoms. The van der Waals surface area contributed by atoms with E-state index in [9.17, 15) is 13.2 Å². The second-order valence-corrected chi connectivity index (χ2v) is 8.70. The normalized spacial score (nSPS) is 15.4. The number of pyridine rings is 1. The quantitative estimate of drug-likeness (QED) is 0.799. The van der Waals surface area contributed by atoms with Crippen LogP contribution in [0.15, 0.2) is 47.6 Å². The van der Waals surface area contributed by atoms with E-state index in [0.29, 0.717) is 36.5 Å². The molecule has 0 bridgehead atoms. The fourth-order valence-electron chi connectivity index (χ4n) is 3.37. The van der Waals surface area contributed by atoms with Crippen LogP contribution in [0.25, 0.3) is 0 Å². The molecule has 0 aliphatic carbocycles. The second-order valence-electron chi connectivity index (χ2n) is 6.96. The Morgan fingerprint density at radius 2 is 2.04 bits per heavy atom. The minimum Gasteiger partial charge on any atom is -0.497 e. The summed E-state index contributed by atoms with van der Waals surface area (Å²) in [6, 6.07) is 8.41. The van der Waals surface area contributed by atoms with Gasteiger partial charge >= 0.3 is 0 Å². The molecule has 7 nitrogen and oxygen atoms in total. The highest BCUT2D eigenvalue weighted by molar-refractivity contribution is 7.89. The molecule has 0 radical (unpaired) electrons. The third-order valence-corrected chi connectivity index (χ3v) is 6.63. The monoisotopic (exact) mass is 403 g/mol. The minimum atomic E-state index is -3.58. The van der Waals surface area contributed by atoms with Gasteiger partial charge in [0.2, 0.25) is 10.0 Å². The number of ether oxygens (including phenoxy) is 1. The fourth-order valence-corrected chi connectivity index (χ4v) is 4.71. The van der Waals surface area contributed by atoms with Crippen LogP contribution in [0.2, 0.25) is 0 Å². The molecule has 1 saturated heterocycles. The third-order valence-electron chi connectivity index (χ3n) is 5.04. The van der Waals surface area contributed by atoms with Crippen molar-refractivity contribution in [3.8, 4) is 5.75 Å². The molecule has 2 heterocycles. The van der Waals surface area contributed by atoms with Crippen molar-refractivity contribution in [1.29, 1.82) is 0 Å². The SMILES string of the molecule is COc1ccc(S(=O)(=O)NCC2CCN(C(=O)c3cccnc3)CC2)c(C)c1. The number of rotatable bonds is 6. The van der Waals surface area contributed by atoms with Gasteiger partial charge in [0.15, 0.2) is 0 Å². The Hall–Kier alpha value is -2.45. The molecule has 1 amide bonds. The summed E-state index contributed by atoms with van der Waals surface area (Å²) in [5.74, 6) is 0.800. The number of likely N-dealkylation sites (tertiary alicyclic amines) is 1. The van der Waals surface area contributed by atoms with Gasteiger partial charge in [-0.05, 0) is 61.6 Å². The van der Waals surface area contributed by atoms with Crippen molar-refractivity contribution in [1.82, 2.24) is 14.6 Å². The number of hydrogen-bond donors (Lipinski definition) is 1. The average molecular weight is 404 g/mol. The van der Waals surface area contributed by atoms with E-state index >= 15 is 0 Å². The summed E-state index contributed by atoms with van der Waals surface area (Å²) in [5.41, 5.74) is 1.22. The lowest BCUT2D eigenvalue weighted by molar-refractivity contribution is 0.0691. The molecule has 8 heteroatoms. The van der Waals surface area contributed by atoms with Gasteiger partial charge in [0.05, 0.1) is 17.6 Å². The van der Waals surface area contributed by atoms with E-state index < -0.39 is 10.0 Å². The summed E-state index contributed by atoms with van der Waals surface area (Å²) in [6.07, 6.45) is 4.73. The van der Waals surface area contributed by atoms with Crippen molar-refractivity contribution in [2.24, 2.45) is 5.92 Å². The van der Waals surface area contributed by atoms with E-state index in [4.69, 9.17) is 4.74 Å². The number of methoxy groups -OCH3 is 1. The summed E-state index contributed by atoms with van der Waals surface area (Å²) < 4.78 is 33.1.